The van der Waals surface area contributed by atoms with Gasteiger partial charge in [0.05, 0.1) is 15.7 Å². The Morgan fingerprint density at radius 3 is 2.50 bits per heavy atom. The highest BCUT2D eigenvalue weighted by Crippen LogP contribution is 2.30. The fourth-order valence-corrected chi connectivity index (χ4v) is 2.28. The number of amides is 1. The Morgan fingerprint density at radius 2 is 1.94 bits per heavy atom. The smallest absolute Gasteiger partial charge is 0.286 e. The molecule has 18 heavy (non-hydrogen) atoms. The highest BCUT2D eigenvalue weighted by Gasteiger charge is 2.15. The van der Waals surface area contributed by atoms with Crippen molar-refractivity contribution < 1.29 is 4.79 Å². The van der Waals surface area contributed by atoms with Crippen LogP contribution in [0.25, 0.3) is 0 Å². The molecule has 0 aliphatic carbocycles. The molecule has 0 aliphatic heterocycles. The van der Waals surface area contributed by atoms with Gasteiger partial charge in [0.15, 0.2) is 0 Å². The van der Waals surface area contributed by atoms with E-state index in [4.69, 9.17) is 23.2 Å². The average Bonchev–Trinajstić information content (AvgIpc) is 2.82. The second-order valence-corrected chi connectivity index (χ2v) is 5.01. The van der Waals surface area contributed by atoms with Gasteiger partial charge in [0.2, 0.25) is 10.1 Å². The molecule has 1 aromatic carbocycles. The Kier molecular flexibility index (Phi) is 4.00. The molecule has 0 saturated carbocycles. The third kappa shape index (κ3) is 2.72. The number of nitrogens with zero attached hydrogens (tertiary/aromatic N) is 2. The van der Waals surface area contributed by atoms with E-state index < -0.39 is 5.91 Å². The zero-order valence-corrected chi connectivity index (χ0v) is 11.5. The molecule has 1 amide bonds. The number of anilines is 2. The number of carbonyl (C=O) groups excluding carboxylic acids is 1. The summed E-state index contributed by atoms with van der Waals surface area (Å²) in [4.78, 5) is 11.9. The van der Waals surface area contributed by atoms with Gasteiger partial charge >= 0.3 is 0 Å². The predicted molar refractivity (Wildman–Crippen MR) is 73.9 cm³/mol. The molecule has 5 nitrogen and oxygen atoms in total. The van der Waals surface area contributed by atoms with Crippen LogP contribution < -0.4 is 10.6 Å². The first-order valence-electron chi connectivity index (χ1n) is 4.88. The van der Waals surface area contributed by atoms with E-state index in [2.05, 4.69) is 20.8 Å². The largest absolute Gasteiger partial charge is 0.363 e. The number of aromatic nitrogens is 2. The van der Waals surface area contributed by atoms with Crippen LogP contribution in [0.4, 0.5) is 10.8 Å². The van der Waals surface area contributed by atoms with Crippen LogP contribution in [0.5, 0.6) is 0 Å². The number of hydrogen-bond donors (Lipinski definition) is 2. The van der Waals surface area contributed by atoms with Crippen LogP contribution in [0.3, 0.4) is 0 Å². The summed E-state index contributed by atoms with van der Waals surface area (Å²) in [6, 6.07) is 4.98. The molecule has 1 aromatic heterocycles. The van der Waals surface area contributed by atoms with Crippen LogP contribution in [0.2, 0.25) is 10.0 Å². The lowest BCUT2D eigenvalue weighted by atomic mass is 10.3. The summed E-state index contributed by atoms with van der Waals surface area (Å²) in [5.41, 5.74) is 0.368. The molecular weight excluding hydrogens is 295 g/mol. The summed E-state index contributed by atoms with van der Waals surface area (Å²) >= 11 is 13.0. The first-order chi connectivity index (χ1) is 8.61. The van der Waals surface area contributed by atoms with Gasteiger partial charge in [-0.3, -0.25) is 4.79 Å². The molecule has 0 fully saturated rings. The van der Waals surface area contributed by atoms with Crippen LogP contribution in [-0.2, 0) is 0 Å². The predicted octanol–water partition coefficient (Wildman–Crippen LogP) is 3.14. The summed E-state index contributed by atoms with van der Waals surface area (Å²) in [5.74, 6) is -0.399. The topological polar surface area (TPSA) is 66.9 Å². The van der Waals surface area contributed by atoms with Crippen LogP contribution in [0.15, 0.2) is 18.2 Å². The third-order valence-electron chi connectivity index (χ3n) is 2.03. The van der Waals surface area contributed by atoms with Gasteiger partial charge in [-0.2, -0.15) is 0 Å². The summed E-state index contributed by atoms with van der Waals surface area (Å²) in [5, 5.41) is 14.5. The summed E-state index contributed by atoms with van der Waals surface area (Å²) in [6.07, 6.45) is 0. The van der Waals surface area contributed by atoms with E-state index >= 15 is 0 Å². The van der Waals surface area contributed by atoms with Crippen LogP contribution in [0.1, 0.15) is 9.80 Å². The first-order valence-corrected chi connectivity index (χ1v) is 6.45. The molecule has 2 rings (SSSR count). The molecule has 1 heterocycles. The van der Waals surface area contributed by atoms with Crippen LogP contribution in [0, 0.1) is 0 Å². The minimum Gasteiger partial charge on any atom is -0.363 e. The zero-order valence-electron chi connectivity index (χ0n) is 9.20. The third-order valence-corrected chi connectivity index (χ3v) is 3.60. The summed E-state index contributed by atoms with van der Waals surface area (Å²) in [7, 11) is 1.70. The molecule has 2 aromatic rings. The molecule has 0 atom stereocenters. The van der Waals surface area contributed by atoms with Gasteiger partial charge in [-0.15, -0.1) is 10.2 Å². The van der Waals surface area contributed by atoms with Gasteiger partial charge in [0, 0.05) is 7.05 Å². The maximum Gasteiger partial charge on any atom is 0.286 e. The quantitative estimate of drug-likeness (QED) is 0.914. The Bertz CT molecular complexity index is 567. The van der Waals surface area contributed by atoms with E-state index in [-0.39, 0.29) is 5.01 Å². The molecule has 0 radical (unpaired) electrons. The molecule has 2 N–H and O–H groups in total. The van der Waals surface area contributed by atoms with Crippen molar-refractivity contribution in [3.05, 3.63) is 33.3 Å². The van der Waals surface area contributed by atoms with Crippen molar-refractivity contribution in [3.63, 3.8) is 0 Å². The first kappa shape index (κ1) is 13.1. The standard InChI is InChI=1S/C10H8Cl2N4OS/c1-13-10-16-15-9(18-10)8(17)14-7-5(11)3-2-4-6(7)12/h2-4H,1H3,(H,13,16)(H,14,17). The molecular formula is C10H8Cl2N4OS. The Labute approximate surface area is 117 Å². The fourth-order valence-electron chi connectivity index (χ4n) is 1.20. The van der Waals surface area contributed by atoms with E-state index in [1.807, 2.05) is 0 Å². The Balaban J connectivity index is 2.21. The number of benzene rings is 1. The number of nitrogens with one attached hydrogen (secondary N) is 2. The van der Waals surface area contributed by atoms with Gasteiger partial charge in [-0.25, -0.2) is 0 Å². The van der Waals surface area contributed by atoms with Gasteiger partial charge in [-0.05, 0) is 12.1 Å². The van der Waals surface area contributed by atoms with Crippen LogP contribution in [-0.4, -0.2) is 23.2 Å². The molecule has 0 aliphatic rings. The van der Waals surface area contributed by atoms with E-state index in [0.29, 0.717) is 20.9 Å². The highest BCUT2D eigenvalue weighted by molar-refractivity contribution is 7.17. The normalized spacial score (nSPS) is 10.2. The molecule has 0 saturated heterocycles. The van der Waals surface area contributed by atoms with E-state index in [0.717, 1.165) is 11.3 Å². The van der Waals surface area contributed by atoms with E-state index in [9.17, 15) is 4.79 Å². The lowest BCUT2D eigenvalue weighted by Gasteiger charge is -2.06. The number of hydrogen-bond acceptors (Lipinski definition) is 5. The van der Waals surface area contributed by atoms with Crippen molar-refractivity contribution in [2.75, 3.05) is 17.7 Å². The number of para-hydroxylation sites is 1. The van der Waals surface area contributed by atoms with E-state index in [1.54, 1.807) is 25.2 Å². The lowest BCUT2D eigenvalue weighted by Crippen LogP contribution is -2.12. The highest BCUT2D eigenvalue weighted by atomic mass is 35.5. The van der Waals surface area contributed by atoms with Gasteiger partial charge < -0.3 is 10.6 Å². The van der Waals surface area contributed by atoms with Crippen molar-refractivity contribution in [1.82, 2.24) is 10.2 Å². The summed E-state index contributed by atoms with van der Waals surface area (Å²) in [6.45, 7) is 0. The SMILES string of the molecule is CNc1nnc(C(=O)Nc2c(Cl)cccc2Cl)s1. The van der Waals surface area contributed by atoms with Crippen molar-refractivity contribution in [2.24, 2.45) is 0 Å². The van der Waals surface area contributed by atoms with Crippen molar-refractivity contribution in [3.8, 4) is 0 Å². The van der Waals surface area contributed by atoms with Crippen molar-refractivity contribution in [1.29, 1.82) is 0 Å². The lowest BCUT2D eigenvalue weighted by molar-refractivity contribution is 0.102. The second-order valence-electron chi connectivity index (χ2n) is 3.21. The molecule has 0 spiro atoms. The fraction of sp³-hybridized carbons (Fsp3) is 0.100. The van der Waals surface area contributed by atoms with Gasteiger partial charge in [-0.1, -0.05) is 40.6 Å². The summed E-state index contributed by atoms with van der Waals surface area (Å²) < 4.78 is 0. The molecule has 94 valence electrons. The van der Waals surface area contributed by atoms with Crippen molar-refractivity contribution in [2.45, 2.75) is 0 Å². The van der Waals surface area contributed by atoms with Gasteiger partial charge in [0.25, 0.3) is 5.91 Å². The maximum absolute atomic E-state index is 11.9. The number of halogens is 2. The number of carbonyl (C=O) groups is 1. The second kappa shape index (κ2) is 5.51. The monoisotopic (exact) mass is 302 g/mol. The Morgan fingerprint density at radius 1 is 1.28 bits per heavy atom. The minimum atomic E-state index is -0.399. The average molecular weight is 303 g/mol. The number of rotatable bonds is 3. The maximum atomic E-state index is 11.9. The van der Waals surface area contributed by atoms with E-state index in [1.165, 1.54) is 0 Å². The molecule has 0 unspecified atom stereocenters. The van der Waals surface area contributed by atoms with Crippen molar-refractivity contribution >= 4 is 51.3 Å². The van der Waals surface area contributed by atoms with Gasteiger partial charge in [0.1, 0.15) is 0 Å². The zero-order chi connectivity index (χ0) is 13.1. The van der Waals surface area contributed by atoms with Crippen LogP contribution >= 0.6 is 34.5 Å². The Hall–Kier alpha value is -1.37. The minimum absolute atomic E-state index is 0.232. The molecule has 0 bridgehead atoms. The molecule has 8 heteroatoms.